The molecule has 1 fully saturated rings. The number of halogens is 1. The maximum atomic E-state index is 12.3. The minimum atomic E-state index is -3.70. The van der Waals surface area contributed by atoms with Crippen LogP contribution in [0.25, 0.3) is 0 Å². The fraction of sp³-hybridized carbons (Fsp3) is 0.600. The summed E-state index contributed by atoms with van der Waals surface area (Å²) in [5.74, 6) is -0.640. The van der Waals surface area contributed by atoms with Crippen LogP contribution in [-0.2, 0) is 21.9 Å². The van der Waals surface area contributed by atoms with E-state index in [1.165, 1.54) is 15.2 Å². The Morgan fingerprint density at radius 3 is 2.47 bits per heavy atom. The molecule has 0 radical (unpaired) electrons. The summed E-state index contributed by atoms with van der Waals surface area (Å²) in [5, 5.41) is -0.0637. The molecule has 1 aliphatic heterocycles. The van der Waals surface area contributed by atoms with E-state index in [1.807, 2.05) is 0 Å². The van der Waals surface area contributed by atoms with E-state index >= 15 is 0 Å². The van der Waals surface area contributed by atoms with Crippen LogP contribution in [0.1, 0.15) is 12.8 Å². The zero-order valence-electron chi connectivity index (χ0n) is 10.4. The predicted molar refractivity (Wildman–Crippen MR) is 68.9 cm³/mol. The summed E-state index contributed by atoms with van der Waals surface area (Å²) >= 11 is 5.91. The lowest BCUT2D eigenvalue weighted by Crippen LogP contribution is -2.41. The van der Waals surface area contributed by atoms with E-state index < -0.39 is 10.0 Å². The number of nitrogens with zero attached hydrogens (tertiary/aromatic N) is 3. The van der Waals surface area contributed by atoms with Gasteiger partial charge in [0.15, 0.2) is 0 Å². The molecular weight excluding hydrogens is 292 g/mol. The number of carbonyl (C=O) groups excluding carboxylic acids is 1. The first-order valence-electron chi connectivity index (χ1n) is 5.80. The highest BCUT2D eigenvalue weighted by Gasteiger charge is 2.34. The number of amides is 1. The Labute approximate surface area is 116 Å². The lowest BCUT2D eigenvalue weighted by Gasteiger charge is -2.29. The molecular formula is C10H15ClN4O3S. The van der Waals surface area contributed by atoms with Gasteiger partial charge in [0.25, 0.3) is 10.0 Å². The first kappa shape index (κ1) is 14.3. The van der Waals surface area contributed by atoms with Crippen LogP contribution >= 0.6 is 11.6 Å². The molecule has 1 aromatic heterocycles. The Hall–Kier alpha value is -1.12. The summed E-state index contributed by atoms with van der Waals surface area (Å²) in [6, 6.07) is 0. The Balaban J connectivity index is 2.19. The molecule has 0 aromatic carbocycles. The Bertz CT molecular complexity index is 590. The van der Waals surface area contributed by atoms with Crippen LogP contribution in [0.5, 0.6) is 0 Å². The molecule has 0 unspecified atom stereocenters. The van der Waals surface area contributed by atoms with Crippen molar-refractivity contribution in [1.82, 2.24) is 13.9 Å². The van der Waals surface area contributed by atoms with Crippen LogP contribution in [0.15, 0.2) is 11.4 Å². The zero-order valence-corrected chi connectivity index (χ0v) is 12.0. The third-order valence-electron chi connectivity index (χ3n) is 3.27. The highest BCUT2D eigenvalue weighted by molar-refractivity contribution is 7.89. The molecule has 1 saturated heterocycles. The monoisotopic (exact) mass is 306 g/mol. The average molecular weight is 307 g/mol. The van der Waals surface area contributed by atoms with Gasteiger partial charge in [0.05, 0.1) is 6.33 Å². The van der Waals surface area contributed by atoms with Crippen LogP contribution in [0.4, 0.5) is 0 Å². The van der Waals surface area contributed by atoms with Gasteiger partial charge in [-0.2, -0.15) is 4.31 Å². The van der Waals surface area contributed by atoms with Crippen LogP contribution < -0.4 is 5.73 Å². The number of primary amides is 1. The van der Waals surface area contributed by atoms with E-state index in [-0.39, 0.29) is 35.1 Å². The summed E-state index contributed by atoms with van der Waals surface area (Å²) in [7, 11) is -2.08. The van der Waals surface area contributed by atoms with Gasteiger partial charge >= 0.3 is 0 Å². The Kier molecular flexibility index (Phi) is 3.84. The van der Waals surface area contributed by atoms with Gasteiger partial charge in [0.1, 0.15) is 5.15 Å². The minimum absolute atomic E-state index is 0.0806. The van der Waals surface area contributed by atoms with E-state index in [2.05, 4.69) is 4.98 Å². The van der Waals surface area contributed by atoms with Gasteiger partial charge in [0.2, 0.25) is 10.9 Å². The molecule has 7 nitrogen and oxygen atoms in total. The second-order valence-electron chi connectivity index (χ2n) is 4.53. The van der Waals surface area contributed by atoms with Crippen molar-refractivity contribution in [2.24, 2.45) is 18.7 Å². The van der Waals surface area contributed by atoms with Crippen molar-refractivity contribution in [3.8, 4) is 0 Å². The zero-order chi connectivity index (χ0) is 14.2. The van der Waals surface area contributed by atoms with E-state index in [1.54, 1.807) is 7.05 Å². The highest BCUT2D eigenvalue weighted by Crippen LogP contribution is 2.26. The fourth-order valence-corrected chi connectivity index (χ4v) is 3.93. The fourth-order valence-electron chi connectivity index (χ4n) is 2.07. The molecule has 2 heterocycles. The van der Waals surface area contributed by atoms with E-state index in [9.17, 15) is 13.2 Å². The topological polar surface area (TPSA) is 98.3 Å². The average Bonchev–Trinajstić information content (AvgIpc) is 2.70. The van der Waals surface area contributed by atoms with Crippen LogP contribution in [-0.4, -0.2) is 41.3 Å². The van der Waals surface area contributed by atoms with Gasteiger partial charge in [-0.3, -0.25) is 4.79 Å². The van der Waals surface area contributed by atoms with Crippen LogP contribution in [0.3, 0.4) is 0 Å². The SMILES string of the molecule is Cn1cnc(S(=O)(=O)N2CCC(C(N)=O)CC2)c1Cl. The standard InChI is InChI=1S/C10H15ClN4O3S/c1-14-6-13-10(8(14)11)19(17,18)15-4-2-7(3-5-15)9(12)16/h6-7H,2-5H2,1H3,(H2,12,16). The molecule has 1 amide bonds. The number of aryl methyl sites for hydroxylation is 1. The molecule has 106 valence electrons. The largest absolute Gasteiger partial charge is 0.369 e. The summed E-state index contributed by atoms with van der Waals surface area (Å²) in [5.41, 5.74) is 5.22. The molecule has 19 heavy (non-hydrogen) atoms. The quantitative estimate of drug-likeness (QED) is 0.847. The van der Waals surface area contributed by atoms with Crippen molar-refractivity contribution in [2.75, 3.05) is 13.1 Å². The van der Waals surface area contributed by atoms with Crippen molar-refractivity contribution < 1.29 is 13.2 Å². The van der Waals surface area contributed by atoms with Gasteiger partial charge in [0, 0.05) is 26.1 Å². The molecule has 0 spiro atoms. The molecule has 1 aromatic rings. The van der Waals surface area contributed by atoms with Gasteiger partial charge in [-0.1, -0.05) is 11.6 Å². The Morgan fingerprint density at radius 2 is 2.05 bits per heavy atom. The lowest BCUT2D eigenvalue weighted by atomic mass is 9.98. The van der Waals surface area contributed by atoms with Crippen molar-refractivity contribution >= 4 is 27.5 Å². The molecule has 9 heteroatoms. The number of imidazole rings is 1. The van der Waals surface area contributed by atoms with Crippen LogP contribution in [0, 0.1) is 5.92 Å². The number of carbonyl (C=O) groups is 1. The second kappa shape index (κ2) is 5.10. The summed E-state index contributed by atoms with van der Waals surface area (Å²) in [4.78, 5) is 14.9. The van der Waals surface area contributed by atoms with Gasteiger partial charge in [-0.05, 0) is 12.8 Å². The van der Waals surface area contributed by atoms with E-state index in [0.29, 0.717) is 12.8 Å². The smallest absolute Gasteiger partial charge is 0.263 e. The maximum absolute atomic E-state index is 12.3. The van der Waals surface area contributed by atoms with Gasteiger partial charge < -0.3 is 10.3 Å². The second-order valence-corrected chi connectivity index (χ2v) is 6.74. The molecule has 0 aliphatic carbocycles. The van der Waals surface area contributed by atoms with E-state index in [0.717, 1.165) is 0 Å². The molecule has 2 N–H and O–H groups in total. The first-order chi connectivity index (χ1) is 8.84. The molecule has 2 rings (SSSR count). The third-order valence-corrected chi connectivity index (χ3v) is 5.66. The van der Waals surface area contributed by atoms with Gasteiger partial charge in [-0.15, -0.1) is 0 Å². The number of sulfonamides is 1. The number of aromatic nitrogens is 2. The molecule has 1 aliphatic rings. The molecule has 0 atom stereocenters. The maximum Gasteiger partial charge on any atom is 0.263 e. The van der Waals surface area contributed by atoms with Crippen molar-refractivity contribution in [2.45, 2.75) is 17.9 Å². The summed E-state index contributed by atoms with van der Waals surface area (Å²) in [6.07, 6.45) is 2.21. The molecule has 0 bridgehead atoms. The summed E-state index contributed by atoms with van der Waals surface area (Å²) < 4.78 is 27.4. The lowest BCUT2D eigenvalue weighted by molar-refractivity contribution is -0.122. The van der Waals surface area contributed by atoms with Gasteiger partial charge in [-0.25, -0.2) is 13.4 Å². The minimum Gasteiger partial charge on any atom is -0.369 e. The highest BCUT2D eigenvalue weighted by atomic mass is 35.5. The first-order valence-corrected chi connectivity index (χ1v) is 7.62. The predicted octanol–water partition coefficient (Wildman–Crippen LogP) is -0.0405. The number of piperidine rings is 1. The number of hydrogen-bond acceptors (Lipinski definition) is 4. The van der Waals surface area contributed by atoms with Crippen molar-refractivity contribution in [1.29, 1.82) is 0 Å². The number of nitrogens with two attached hydrogens (primary N) is 1. The number of rotatable bonds is 3. The summed E-state index contributed by atoms with van der Waals surface area (Å²) in [6.45, 7) is 0.506. The normalized spacial score (nSPS) is 18.6. The van der Waals surface area contributed by atoms with Crippen LogP contribution in [0.2, 0.25) is 5.15 Å². The number of hydrogen-bond donors (Lipinski definition) is 1. The van der Waals surface area contributed by atoms with E-state index in [4.69, 9.17) is 17.3 Å². The van der Waals surface area contributed by atoms with Crippen molar-refractivity contribution in [3.05, 3.63) is 11.5 Å². The Morgan fingerprint density at radius 1 is 1.47 bits per heavy atom. The van der Waals surface area contributed by atoms with Crippen molar-refractivity contribution in [3.63, 3.8) is 0 Å². The molecule has 0 saturated carbocycles. The third kappa shape index (κ3) is 2.60.